The van der Waals surface area contributed by atoms with Crippen LogP contribution in [0.4, 0.5) is 0 Å². The number of nitrogens with zero attached hydrogens (tertiary/aromatic N) is 1. The zero-order valence-corrected chi connectivity index (χ0v) is 16.1. The molecule has 2 aromatic rings. The molecule has 3 heteroatoms. The Morgan fingerprint density at radius 3 is 2.54 bits per heavy atom. The van der Waals surface area contributed by atoms with E-state index in [9.17, 15) is 5.11 Å². The molecule has 0 saturated heterocycles. The largest absolute Gasteiger partial charge is 0.488 e. The Kier molecular flexibility index (Phi) is 6.33. The number of aryl methyl sites for hydroxylation is 1. The third-order valence-electron chi connectivity index (χ3n) is 5.34. The molecule has 0 spiro atoms. The summed E-state index contributed by atoms with van der Waals surface area (Å²) in [6.45, 7) is 7.34. The van der Waals surface area contributed by atoms with Gasteiger partial charge in [0.25, 0.3) is 0 Å². The average Bonchev–Trinajstić information content (AvgIpc) is 2.62. The highest BCUT2D eigenvalue weighted by molar-refractivity contribution is 5.27. The monoisotopic (exact) mass is 353 g/mol. The quantitative estimate of drug-likeness (QED) is 0.826. The van der Waals surface area contributed by atoms with Gasteiger partial charge in [0.2, 0.25) is 0 Å². The van der Waals surface area contributed by atoms with Crippen LogP contribution in [0.3, 0.4) is 0 Å². The summed E-state index contributed by atoms with van der Waals surface area (Å²) in [7, 11) is 0. The highest BCUT2D eigenvalue weighted by Crippen LogP contribution is 2.29. The van der Waals surface area contributed by atoms with Gasteiger partial charge in [-0.05, 0) is 63.3 Å². The Hall–Kier alpha value is -1.84. The first-order valence-electron chi connectivity index (χ1n) is 9.75. The molecule has 2 aromatic carbocycles. The van der Waals surface area contributed by atoms with Gasteiger partial charge in [0.1, 0.15) is 18.0 Å². The summed E-state index contributed by atoms with van der Waals surface area (Å²) in [6.07, 6.45) is 2.38. The van der Waals surface area contributed by atoms with Gasteiger partial charge in [-0.1, -0.05) is 42.5 Å². The Morgan fingerprint density at radius 1 is 1.08 bits per heavy atom. The minimum Gasteiger partial charge on any atom is -0.488 e. The van der Waals surface area contributed by atoms with Crippen molar-refractivity contribution in [3.8, 4) is 5.75 Å². The SMILES string of the molecule is Cc1cccc(O[C@@H]2CCC[C@H](N(Cc3ccccc3)C(C)C)[C@H]2O)c1. The van der Waals surface area contributed by atoms with Crippen molar-refractivity contribution < 1.29 is 9.84 Å². The molecule has 0 aliphatic heterocycles. The van der Waals surface area contributed by atoms with E-state index in [4.69, 9.17) is 4.74 Å². The maximum atomic E-state index is 11.1. The van der Waals surface area contributed by atoms with E-state index < -0.39 is 6.10 Å². The van der Waals surface area contributed by atoms with Crippen molar-refractivity contribution in [3.63, 3.8) is 0 Å². The first-order valence-corrected chi connectivity index (χ1v) is 9.75. The molecular formula is C23H31NO2. The minimum atomic E-state index is -0.477. The third kappa shape index (κ3) is 4.66. The van der Waals surface area contributed by atoms with Gasteiger partial charge in [-0.15, -0.1) is 0 Å². The highest BCUT2D eigenvalue weighted by Gasteiger charge is 2.37. The number of ether oxygens (including phenoxy) is 1. The molecule has 0 aromatic heterocycles. The van der Waals surface area contributed by atoms with E-state index in [1.807, 2.05) is 24.3 Å². The number of hydrogen-bond donors (Lipinski definition) is 1. The second kappa shape index (κ2) is 8.70. The second-order valence-electron chi connectivity index (χ2n) is 7.71. The molecule has 3 nitrogen and oxygen atoms in total. The van der Waals surface area contributed by atoms with Crippen LogP contribution in [0.25, 0.3) is 0 Å². The molecule has 1 saturated carbocycles. The van der Waals surface area contributed by atoms with Crippen LogP contribution in [0.1, 0.15) is 44.2 Å². The van der Waals surface area contributed by atoms with Gasteiger partial charge in [-0.2, -0.15) is 0 Å². The van der Waals surface area contributed by atoms with Crippen LogP contribution < -0.4 is 4.74 Å². The van der Waals surface area contributed by atoms with Crippen LogP contribution in [-0.4, -0.2) is 34.3 Å². The molecule has 1 aliphatic rings. The summed E-state index contributed by atoms with van der Waals surface area (Å²) >= 11 is 0. The van der Waals surface area contributed by atoms with Crippen molar-refractivity contribution >= 4 is 0 Å². The van der Waals surface area contributed by atoms with E-state index in [0.717, 1.165) is 31.6 Å². The summed E-state index contributed by atoms with van der Waals surface area (Å²) < 4.78 is 6.18. The van der Waals surface area contributed by atoms with Gasteiger partial charge >= 0.3 is 0 Å². The smallest absolute Gasteiger partial charge is 0.126 e. The van der Waals surface area contributed by atoms with Crippen LogP contribution in [0, 0.1) is 6.92 Å². The maximum absolute atomic E-state index is 11.1. The predicted molar refractivity (Wildman–Crippen MR) is 106 cm³/mol. The topological polar surface area (TPSA) is 32.7 Å². The van der Waals surface area contributed by atoms with Crippen LogP contribution in [0.15, 0.2) is 54.6 Å². The molecule has 26 heavy (non-hydrogen) atoms. The lowest BCUT2D eigenvalue weighted by Gasteiger charge is -2.43. The molecule has 0 unspecified atom stereocenters. The van der Waals surface area contributed by atoms with E-state index in [0.29, 0.717) is 6.04 Å². The standard InChI is InChI=1S/C23H31NO2/c1-17(2)24(16-19-10-5-4-6-11-19)21-13-8-14-22(23(21)25)26-20-12-7-9-18(3)15-20/h4-7,9-12,15,17,21-23,25H,8,13-14,16H2,1-3H3/t21-,22+,23+/m0/s1. The van der Waals surface area contributed by atoms with Crippen LogP contribution in [0.2, 0.25) is 0 Å². The summed E-state index contributed by atoms with van der Waals surface area (Å²) in [5, 5.41) is 11.1. The number of rotatable bonds is 6. The van der Waals surface area contributed by atoms with E-state index in [-0.39, 0.29) is 12.1 Å². The Bertz CT molecular complexity index is 686. The fourth-order valence-electron chi connectivity index (χ4n) is 3.95. The molecule has 3 rings (SSSR count). The van der Waals surface area contributed by atoms with Crippen molar-refractivity contribution in [1.29, 1.82) is 0 Å². The van der Waals surface area contributed by atoms with Gasteiger partial charge in [0.15, 0.2) is 0 Å². The van der Waals surface area contributed by atoms with Gasteiger partial charge in [0.05, 0.1) is 0 Å². The van der Waals surface area contributed by atoms with Gasteiger partial charge in [-0.25, -0.2) is 0 Å². The minimum absolute atomic E-state index is 0.124. The van der Waals surface area contributed by atoms with Crippen molar-refractivity contribution in [2.45, 2.75) is 70.9 Å². The van der Waals surface area contributed by atoms with E-state index in [2.05, 4.69) is 56.0 Å². The molecule has 0 radical (unpaired) electrons. The Morgan fingerprint density at radius 2 is 1.85 bits per heavy atom. The fraction of sp³-hybridized carbons (Fsp3) is 0.478. The summed E-state index contributed by atoms with van der Waals surface area (Å²) in [5.74, 6) is 0.855. The number of aliphatic hydroxyl groups excluding tert-OH is 1. The second-order valence-corrected chi connectivity index (χ2v) is 7.71. The summed E-state index contributed by atoms with van der Waals surface area (Å²) in [4.78, 5) is 2.42. The van der Waals surface area contributed by atoms with Gasteiger partial charge < -0.3 is 9.84 Å². The summed E-state index contributed by atoms with van der Waals surface area (Å²) in [6, 6.07) is 19.1. The molecule has 1 N–H and O–H groups in total. The molecule has 1 aliphatic carbocycles. The van der Waals surface area contributed by atoms with Crippen molar-refractivity contribution in [2.24, 2.45) is 0 Å². The Labute approximate surface area is 157 Å². The van der Waals surface area contributed by atoms with E-state index in [1.165, 1.54) is 11.1 Å². The van der Waals surface area contributed by atoms with Crippen molar-refractivity contribution in [3.05, 3.63) is 65.7 Å². The van der Waals surface area contributed by atoms with Crippen LogP contribution in [0.5, 0.6) is 5.75 Å². The maximum Gasteiger partial charge on any atom is 0.126 e. The third-order valence-corrected chi connectivity index (χ3v) is 5.34. The van der Waals surface area contributed by atoms with E-state index >= 15 is 0 Å². The lowest BCUT2D eigenvalue weighted by molar-refractivity contribution is -0.0640. The average molecular weight is 354 g/mol. The lowest BCUT2D eigenvalue weighted by atomic mass is 9.87. The van der Waals surface area contributed by atoms with Crippen LogP contribution >= 0.6 is 0 Å². The molecule has 3 atom stereocenters. The normalized spacial score (nSPS) is 23.4. The molecule has 0 heterocycles. The van der Waals surface area contributed by atoms with Crippen molar-refractivity contribution in [1.82, 2.24) is 4.90 Å². The molecule has 1 fully saturated rings. The zero-order chi connectivity index (χ0) is 18.5. The summed E-state index contributed by atoms with van der Waals surface area (Å²) in [5.41, 5.74) is 2.47. The highest BCUT2D eigenvalue weighted by atomic mass is 16.5. The first kappa shape index (κ1) is 18.9. The molecular weight excluding hydrogens is 322 g/mol. The Balaban J connectivity index is 1.73. The molecule has 0 bridgehead atoms. The lowest BCUT2D eigenvalue weighted by Crippen LogP contribution is -2.54. The number of benzene rings is 2. The van der Waals surface area contributed by atoms with E-state index in [1.54, 1.807) is 0 Å². The number of hydrogen-bond acceptors (Lipinski definition) is 3. The fourth-order valence-corrected chi connectivity index (χ4v) is 3.95. The number of aliphatic hydroxyl groups is 1. The molecule has 0 amide bonds. The van der Waals surface area contributed by atoms with Gasteiger partial charge in [0, 0.05) is 18.6 Å². The first-order chi connectivity index (χ1) is 12.5. The molecule has 140 valence electrons. The van der Waals surface area contributed by atoms with Crippen LogP contribution in [-0.2, 0) is 6.54 Å². The van der Waals surface area contributed by atoms with Gasteiger partial charge in [-0.3, -0.25) is 4.90 Å². The predicted octanol–water partition coefficient (Wildman–Crippen LogP) is 4.57. The van der Waals surface area contributed by atoms with Crippen molar-refractivity contribution in [2.75, 3.05) is 0 Å². The zero-order valence-electron chi connectivity index (χ0n) is 16.1.